The quantitative estimate of drug-likeness (QED) is 0.783. The van der Waals surface area contributed by atoms with Gasteiger partial charge in [0, 0.05) is 13.1 Å². The summed E-state index contributed by atoms with van der Waals surface area (Å²) in [5, 5.41) is 8.75. The van der Waals surface area contributed by atoms with Crippen molar-refractivity contribution < 1.29 is 9.53 Å². The van der Waals surface area contributed by atoms with Gasteiger partial charge in [0.15, 0.2) is 5.75 Å². The van der Waals surface area contributed by atoms with Crippen LogP contribution in [0.25, 0.3) is 0 Å². The van der Waals surface area contributed by atoms with E-state index < -0.39 is 0 Å². The summed E-state index contributed by atoms with van der Waals surface area (Å²) in [4.78, 5) is 14.4. The summed E-state index contributed by atoms with van der Waals surface area (Å²) in [6, 6.07) is 7.24. The van der Waals surface area contributed by atoms with E-state index >= 15 is 0 Å². The second-order valence-corrected chi connectivity index (χ2v) is 5.21. The number of benzene rings is 1. The minimum absolute atomic E-state index is 0.144. The van der Waals surface area contributed by atoms with E-state index in [2.05, 4.69) is 6.07 Å². The zero-order chi connectivity index (χ0) is 15.8. The van der Waals surface area contributed by atoms with E-state index in [0.717, 1.165) is 0 Å². The lowest BCUT2D eigenvalue weighted by Crippen LogP contribution is -2.35. The molecule has 0 unspecified atom stereocenters. The molecular formula is C16H23N3O2. The molecule has 0 saturated carbocycles. The number of nitrogen functional groups attached to an aromatic ring is 1. The van der Waals surface area contributed by atoms with Crippen LogP contribution in [0.3, 0.4) is 0 Å². The highest BCUT2D eigenvalue weighted by molar-refractivity contribution is 5.98. The van der Waals surface area contributed by atoms with E-state index in [1.165, 1.54) is 0 Å². The van der Waals surface area contributed by atoms with Crippen LogP contribution in [0.1, 0.15) is 37.6 Å². The molecule has 0 spiro atoms. The number of carbonyl (C=O) groups excluding carboxylic acids is 1. The number of carbonyl (C=O) groups is 1. The van der Waals surface area contributed by atoms with Crippen LogP contribution < -0.4 is 10.5 Å². The zero-order valence-corrected chi connectivity index (χ0v) is 12.9. The van der Waals surface area contributed by atoms with Crippen molar-refractivity contribution in [3.05, 3.63) is 23.8 Å². The topological polar surface area (TPSA) is 79.3 Å². The van der Waals surface area contributed by atoms with Crippen molar-refractivity contribution in [1.29, 1.82) is 5.26 Å². The van der Waals surface area contributed by atoms with E-state index in [-0.39, 0.29) is 5.91 Å². The molecule has 0 saturated heterocycles. The van der Waals surface area contributed by atoms with Gasteiger partial charge < -0.3 is 15.4 Å². The maximum atomic E-state index is 12.7. The summed E-state index contributed by atoms with van der Waals surface area (Å²) in [7, 11) is 0. The van der Waals surface area contributed by atoms with Crippen LogP contribution in [0.2, 0.25) is 0 Å². The summed E-state index contributed by atoms with van der Waals surface area (Å²) in [6.07, 6.45) is 0.310. The van der Waals surface area contributed by atoms with Gasteiger partial charge in [-0.3, -0.25) is 4.79 Å². The third kappa shape index (κ3) is 4.67. The SMILES string of the molecule is CCOc1c(N)cccc1C(=O)N(CCC#N)CC(C)C. The van der Waals surface area contributed by atoms with Crippen molar-refractivity contribution >= 4 is 11.6 Å². The minimum atomic E-state index is -0.144. The molecule has 114 valence electrons. The second-order valence-electron chi connectivity index (χ2n) is 5.21. The number of ether oxygens (including phenoxy) is 1. The molecule has 5 nitrogen and oxygen atoms in total. The molecule has 0 heterocycles. The lowest BCUT2D eigenvalue weighted by molar-refractivity contribution is 0.0736. The molecular weight excluding hydrogens is 266 g/mol. The monoisotopic (exact) mass is 289 g/mol. The highest BCUT2D eigenvalue weighted by Crippen LogP contribution is 2.27. The standard InChI is InChI=1S/C16H23N3O2/c1-4-21-15-13(7-5-8-14(15)18)16(20)19(10-6-9-17)11-12(2)3/h5,7-8,12H,4,6,10-11,18H2,1-3H3. The maximum Gasteiger partial charge on any atom is 0.257 e. The number of hydrogen-bond donors (Lipinski definition) is 1. The Labute approximate surface area is 126 Å². The van der Waals surface area contributed by atoms with Crippen molar-refractivity contribution in [2.75, 3.05) is 25.4 Å². The van der Waals surface area contributed by atoms with E-state index in [1.54, 1.807) is 23.1 Å². The molecule has 1 rings (SSSR count). The van der Waals surface area contributed by atoms with E-state index in [0.29, 0.717) is 49.0 Å². The first kappa shape index (κ1) is 16.8. The van der Waals surface area contributed by atoms with Gasteiger partial charge in [0.2, 0.25) is 0 Å². The predicted molar refractivity (Wildman–Crippen MR) is 83.0 cm³/mol. The highest BCUT2D eigenvalue weighted by atomic mass is 16.5. The number of para-hydroxylation sites is 1. The van der Waals surface area contributed by atoms with Gasteiger partial charge >= 0.3 is 0 Å². The van der Waals surface area contributed by atoms with E-state index in [9.17, 15) is 4.79 Å². The molecule has 0 aliphatic carbocycles. The Morgan fingerprint density at radius 2 is 2.19 bits per heavy atom. The average molecular weight is 289 g/mol. The molecule has 0 aliphatic rings. The number of rotatable bonds is 7. The maximum absolute atomic E-state index is 12.7. The van der Waals surface area contributed by atoms with Crippen LogP contribution in [0.15, 0.2) is 18.2 Å². The molecule has 0 atom stereocenters. The number of hydrogen-bond acceptors (Lipinski definition) is 4. The van der Waals surface area contributed by atoms with Gasteiger partial charge in [-0.1, -0.05) is 19.9 Å². The fourth-order valence-corrected chi connectivity index (χ4v) is 2.10. The van der Waals surface area contributed by atoms with Crippen molar-refractivity contribution in [1.82, 2.24) is 4.90 Å². The third-order valence-electron chi connectivity index (χ3n) is 2.93. The molecule has 1 amide bonds. The Balaban J connectivity index is 3.08. The Morgan fingerprint density at radius 3 is 2.76 bits per heavy atom. The number of amides is 1. The molecule has 2 N–H and O–H groups in total. The van der Waals surface area contributed by atoms with Gasteiger partial charge in [0.05, 0.1) is 30.3 Å². The molecule has 5 heteroatoms. The minimum Gasteiger partial charge on any atom is -0.491 e. The van der Waals surface area contributed by atoms with Gasteiger partial charge in [0.1, 0.15) is 0 Å². The third-order valence-corrected chi connectivity index (χ3v) is 2.93. The average Bonchev–Trinajstić information content (AvgIpc) is 2.44. The fraction of sp³-hybridized carbons (Fsp3) is 0.500. The summed E-state index contributed by atoms with van der Waals surface area (Å²) < 4.78 is 5.51. The van der Waals surface area contributed by atoms with Crippen molar-refractivity contribution in [2.24, 2.45) is 5.92 Å². The number of nitrogens with zero attached hydrogens (tertiary/aromatic N) is 2. The Kier molecular flexibility index (Phi) is 6.54. The van der Waals surface area contributed by atoms with E-state index in [4.69, 9.17) is 15.7 Å². The smallest absolute Gasteiger partial charge is 0.257 e. The molecule has 0 aromatic heterocycles. The van der Waals surface area contributed by atoms with Crippen LogP contribution in [0, 0.1) is 17.2 Å². The van der Waals surface area contributed by atoms with Crippen LogP contribution >= 0.6 is 0 Å². The van der Waals surface area contributed by atoms with Gasteiger partial charge in [-0.25, -0.2) is 0 Å². The van der Waals surface area contributed by atoms with E-state index in [1.807, 2.05) is 20.8 Å². The van der Waals surface area contributed by atoms with Crippen molar-refractivity contribution in [2.45, 2.75) is 27.2 Å². The van der Waals surface area contributed by atoms with Crippen molar-refractivity contribution in [3.8, 4) is 11.8 Å². The molecule has 0 bridgehead atoms. The summed E-state index contributed by atoms with van der Waals surface area (Å²) in [5.41, 5.74) is 6.80. The van der Waals surface area contributed by atoms with Crippen LogP contribution in [0.4, 0.5) is 5.69 Å². The van der Waals surface area contributed by atoms with Crippen LogP contribution in [-0.4, -0.2) is 30.5 Å². The number of anilines is 1. The summed E-state index contributed by atoms with van der Waals surface area (Å²) in [5.74, 6) is 0.606. The largest absolute Gasteiger partial charge is 0.491 e. The molecule has 0 radical (unpaired) electrons. The first-order valence-electron chi connectivity index (χ1n) is 7.18. The lowest BCUT2D eigenvalue weighted by Gasteiger charge is -2.25. The van der Waals surface area contributed by atoms with Crippen LogP contribution in [0.5, 0.6) is 5.75 Å². The first-order valence-corrected chi connectivity index (χ1v) is 7.18. The molecule has 1 aromatic carbocycles. The van der Waals surface area contributed by atoms with Gasteiger partial charge in [-0.2, -0.15) is 5.26 Å². The second kappa shape index (κ2) is 8.15. The normalized spacial score (nSPS) is 10.2. The molecule has 0 aliphatic heterocycles. The molecule has 1 aromatic rings. The predicted octanol–water partition coefficient (Wildman–Crippen LogP) is 2.68. The molecule has 0 fully saturated rings. The summed E-state index contributed by atoms with van der Waals surface area (Å²) >= 11 is 0. The zero-order valence-electron chi connectivity index (χ0n) is 12.9. The number of nitrogens with two attached hydrogens (primary N) is 1. The lowest BCUT2D eigenvalue weighted by atomic mass is 10.1. The number of nitriles is 1. The summed E-state index contributed by atoms with van der Waals surface area (Å²) in [6.45, 7) is 7.37. The Hall–Kier alpha value is -2.22. The van der Waals surface area contributed by atoms with Gasteiger partial charge in [-0.05, 0) is 25.0 Å². The first-order chi connectivity index (χ1) is 10.0. The fourth-order valence-electron chi connectivity index (χ4n) is 2.10. The highest BCUT2D eigenvalue weighted by Gasteiger charge is 2.21. The van der Waals surface area contributed by atoms with Gasteiger partial charge in [0.25, 0.3) is 5.91 Å². The van der Waals surface area contributed by atoms with Crippen molar-refractivity contribution in [3.63, 3.8) is 0 Å². The Morgan fingerprint density at radius 1 is 1.48 bits per heavy atom. The Bertz CT molecular complexity index is 521. The van der Waals surface area contributed by atoms with Gasteiger partial charge in [-0.15, -0.1) is 0 Å². The molecule has 21 heavy (non-hydrogen) atoms. The van der Waals surface area contributed by atoms with Crippen LogP contribution in [-0.2, 0) is 0 Å².